The fourth-order valence-electron chi connectivity index (χ4n) is 0.983. The fraction of sp³-hybridized carbons (Fsp3) is 0.375. The number of sulfonamides is 1. The highest BCUT2D eigenvalue weighted by Crippen LogP contribution is 2.19. The number of rotatable bonds is 5. The van der Waals surface area contributed by atoms with Crippen molar-refractivity contribution in [2.24, 2.45) is 5.14 Å². The molecular formula is C8H12BrN3O3S2. The molecule has 0 saturated carbocycles. The third-order valence-corrected chi connectivity index (χ3v) is 4.19. The molecule has 0 spiro atoms. The zero-order chi connectivity index (χ0) is 12.9. The van der Waals surface area contributed by atoms with Gasteiger partial charge in [-0.1, -0.05) is 0 Å². The van der Waals surface area contributed by atoms with Crippen LogP contribution in [0.1, 0.15) is 4.88 Å². The maximum Gasteiger partial charge on any atom is 0.315 e. The molecule has 1 aromatic heterocycles. The molecule has 0 aliphatic carbocycles. The van der Waals surface area contributed by atoms with Gasteiger partial charge >= 0.3 is 6.03 Å². The summed E-state index contributed by atoms with van der Waals surface area (Å²) >= 11 is 4.82. The molecule has 1 aromatic rings. The first-order valence-electron chi connectivity index (χ1n) is 4.62. The Morgan fingerprint density at radius 3 is 2.71 bits per heavy atom. The Hall–Kier alpha value is -0.640. The summed E-state index contributed by atoms with van der Waals surface area (Å²) in [6.45, 7) is 0.399. The molecule has 96 valence electrons. The van der Waals surface area contributed by atoms with E-state index in [2.05, 4.69) is 26.6 Å². The first-order valence-corrected chi connectivity index (χ1v) is 8.01. The van der Waals surface area contributed by atoms with Crippen LogP contribution >= 0.6 is 27.3 Å². The van der Waals surface area contributed by atoms with Gasteiger partial charge in [0.25, 0.3) is 0 Å². The predicted octanol–water partition coefficient (Wildman–Crippen LogP) is 0.598. The van der Waals surface area contributed by atoms with Crippen LogP contribution in [0.25, 0.3) is 0 Å². The van der Waals surface area contributed by atoms with Gasteiger partial charge in [0.05, 0.1) is 12.3 Å². The quantitative estimate of drug-likeness (QED) is 0.730. The van der Waals surface area contributed by atoms with E-state index in [-0.39, 0.29) is 12.3 Å². The van der Waals surface area contributed by atoms with E-state index in [0.29, 0.717) is 6.54 Å². The normalized spacial score (nSPS) is 11.2. The van der Waals surface area contributed by atoms with Gasteiger partial charge < -0.3 is 10.6 Å². The topological polar surface area (TPSA) is 101 Å². The lowest BCUT2D eigenvalue weighted by atomic mass is 10.5. The molecule has 0 radical (unpaired) electrons. The smallest absolute Gasteiger partial charge is 0.315 e. The zero-order valence-corrected chi connectivity index (χ0v) is 12.0. The number of hydrogen-bond donors (Lipinski definition) is 3. The van der Waals surface area contributed by atoms with Gasteiger partial charge in [-0.05, 0) is 22.0 Å². The molecule has 0 aliphatic rings. The van der Waals surface area contributed by atoms with Crippen molar-refractivity contribution in [2.75, 3.05) is 12.3 Å². The fourth-order valence-corrected chi connectivity index (χ4v) is 2.76. The molecule has 1 rings (SSSR count). The lowest BCUT2D eigenvalue weighted by Gasteiger charge is -2.05. The monoisotopic (exact) mass is 341 g/mol. The molecule has 2 amide bonds. The van der Waals surface area contributed by atoms with Crippen LogP contribution in [0.5, 0.6) is 0 Å². The van der Waals surface area contributed by atoms with Crippen LogP contribution in [0.4, 0.5) is 4.79 Å². The second-order valence-corrected chi connectivity index (χ2v) is 6.85. The maximum atomic E-state index is 11.2. The Balaban J connectivity index is 2.22. The Labute approximate surface area is 112 Å². The predicted molar refractivity (Wildman–Crippen MR) is 70.2 cm³/mol. The third kappa shape index (κ3) is 6.61. The number of carbonyl (C=O) groups is 1. The summed E-state index contributed by atoms with van der Waals surface area (Å²) in [6, 6.07) is 1.48. The highest BCUT2D eigenvalue weighted by atomic mass is 79.9. The molecule has 0 unspecified atom stereocenters. The van der Waals surface area contributed by atoms with E-state index in [0.717, 1.165) is 9.35 Å². The summed E-state index contributed by atoms with van der Waals surface area (Å²) < 4.78 is 22.2. The molecule has 4 N–H and O–H groups in total. The second kappa shape index (κ2) is 6.34. The van der Waals surface area contributed by atoms with Crippen molar-refractivity contribution in [3.8, 4) is 0 Å². The molecule has 0 fully saturated rings. The van der Waals surface area contributed by atoms with Crippen LogP contribution in [0.15, 0.2) is 15.9 Å². The number of nitrogens with two attached hydrogens (primary N) is 1. The first-order chi connectivity index (χ1) is 7.87. The van der Waals surface area contributed by atoms with Gasteiger partial charge in [0, 0.05) is 21.3 Å². The van der Waals surface area contributed by atoms with Crippen LogP contribution in [0, 0.1) is 0 Å². The van der Waals surface area contributed by atoms with E-state index >= 15 is 0 Å². The van der Waals surface area contributed by atoms with Gasteiger partial charge in [-0.25, -0.2) is 18.4 Å². The van der Waals surface area contributed by atoms with Gasteiger partial charge in [0.2, 0.25) is 10.0 Å². The molecule has 17 heavy (non-hydrogen) atoms. The Kier molecular flexibility index (Phi) is 5.37. The van der Waals surface area contributed by atoms with Gasteiger partial charge in [0.1, 0.15) is 0 Å². The number of primary sulfonamides is 1. The Morgan fingerprint density at radius 2 is 2.18 bits per heavy atom. The van der Waals surface area contributed by atoms with Crippen molar-refractivity contribution in [1.82, 2.24) is 10.6 Å². The van der Waals surface area contributed by atoms with Crippen LogP contribution in [0.3, 0.4) is 0 Å². The number of thiophene rings is 1. The lowest BCUT2D eigenvalue weighted by Crippen LogP contribution is -2.38. The van der Waals surface area contributed by atoms with Gasteiger partial charge in [-0.15, -0.1) is 11.3 Å². The van der Waals surface area contributed by atoms with E-state index in [1.54, 1.807) is 0 Å². The number of carbonyl (C=O) groups excluding carboxylic acids is 1. The maximum absolute atomic E-state index is 11.2. The van der Waals surface area contributed by atoms with E-state index < -0.39 is 16.1 Å². The van der Waals surface area contributed by atoms with Crippen LogP contribution in [-0.2, 0) is 16.6 Å². The summed E-state index contributed by atoms with van der Waals surface area (Å²) in [6.07, 6.45) is 0. The van der Waals surface area contributed by atoms with Crippen LogP contribution in [-0.4, -0.2) is 26.7 Å². The van der Waals surface area contributed by atoms with Crippen molar-refractivity contribution in [2.45, 2.75) is 6.54 Å². The molecule has 0 bridgehead atoms. The van der Waals surface area contributed by atoms with Crippen molar-refractivity contribution < 1.29 is 13.2 Å². The molecule has 9 heteroatoms. The molecular weight excluding hydrogens is 330 g/mol. The minimum Gasteiger partial charge on any atom is -0.337 e. The highest BCUT2D eigenvalue weighted by molar-refractivity contribution is 9.10. The number of hydrogen-bond acceptors (Lipinski definition) is 4. The van der Waals surface area contributed by atoms with Crippen molar-refractivity contribution in [1.29, 1.82) is 0 Å². The zero-order valence-electron chi connectivity index (χ0n) is 8.77. The van der Waals surface area contributed by atoms with Crippen LogP contribution < -0.4 is 15.8 Å². The van der Waals surface area contributed by atoms with Gasteiger partial charge in [-0.2, -0.15) is 0 Å². The Morgan fingerprint density at radius 1 is 1.47 bits per heavy atom. The summed E-state index contributed by atoms with van der Waals surface area (Å²) in [4.78, 5) is 12.2. The van der Waals surface area contributed by atoms with E-state index in [9.17, 15) is 13.2 Å². The summed E-state index contributed by atoms with van der Waals surface area (Å²) in [5.74, 6) is -0.273. The lowest BCUT2D eigenvalue weighted by molar-refractivity contribution is 0.241. The molecule has 1 heterocycles. The van der Waals surface area contributed by atoms with E-state index in [4.69, 9.17) is 5.14 Å². The third-order valence-electron chi connectivity index (χ3n) is 1.72. The molecule has 0 saturated heterocycles. The van der Waals surface area contributed by atoms with Crippen molar-refractivity contribution >= 4 is 43.3 Å². The minimum atomic E-state index is -3.53. The number of amides is 2. The van der Waals surface area contributed by atoms with Crippen molar-refractivity contribution in [3.05, 3.63) is 20.8 Å². The van der Waals surface area contributed by atoms with E-state index in [1.807, 2.05) is 11.4 Å². The standard InChI is InChI=1S/C8H12BrN3O3S2/c9-6-3-7(16-5-6)4-12-8(13)11-1-2-17(10,14)15/h3,5H,1-2,4H2,(H2,10,14,15)(H2,11,12,13). The summed E-state index contributed by atoms with van der Waals surface area (Å²) in [5, 5.41) is 11.7. The first kappa shape index (κ1) is 14.4. The SMILES string of the molecule is NS(=O)(=O)CCNC(=O)NCc1cc(Br)cs1. The largest absolute Gasteiger partial charge is 0.337 e. The Bertz CT molecular complexity index is 486. The van der Waals surface area contributed by atoms with Crippen LogP contribution in [0.2, 0.25) is 0 Å². The minimum absolute atomic E-state index is 0.00119. The second-order valence-electron chi connectivity index (χ2n) is 3.21. The van der Waals surface area contributed by atoms with Gasteiger partial charge in [-0.3, -0.25) is 0 Å². The number of halogens is 1. The average molecular weight is 342 g/mol. The molecule has 6 nitrogen and oxygen atoms in total. The molecule has 0 atom stereocenters. The van der Waals surface area contributed by atoms with Gasteiger partial charge in [0.15, 0.2) is 0 Å². The summed E-state index contributed by atoms with van der Waals surface area (Å²) in [7, 11) is -3.53. The number of nitrogens with one attached hydrogen (secondary N) is 2. The molecule has 0 aromatic carbocycles. The van der Waals surface area contributed by atoms with Crippen molar-refractivity contribution in [3.63, 3.8) is 0 Å². The summed E-state index contributed by atoms with van der Waals surface area (Å²) in [5.41, 5.74) is 0. The average Bonchev–Trinajstić information content (AvgIpc) is 2.59. The molecule has 0 aliphatic heterocycles. The highest BCUT2D eigenvalue weighted by Gasteiger charge is 2.05. The van der Waals surface area contributed by atoms with E-state index in [1.165, 1.54) is 11.3 Å². The number of urea groups is 1.